The van der Waals surface area contributed by atoms with Crippen molar-refractivity contribution in [3.63, 3.8) is 0 Å². The summed E-state index contributed by atoms with van der Waals surface area (Å²) in [5, 5.41) is 3.52. The molecule has 1 N–H and O–H groups in total. The van der Waals surface area contributed by atoms with Gasteiger partial charge in [-0.1, -0.05) is 49.4 Å². The molecular formula is C17H17N. The maximum absolute atomic E-state index is 4.10. The first-order valence-corrected chi connectivity index (χ1v) is 6.41. The number of nitrogens with one attached hydrogen (secondary N) is 1. The fraction of sp³-hybridized carbons (Fsp3) is 0.176. The number of hydrogen-bond acceptors (Lipinski definition) is 1. The molecule has 1 heteroatoms. The SMILES string of the molecule is C=CC1(CC)c2ccccc2Nc2ccccc21. The summed E-state index contributed by atoms with van der Waals surface area (Å²) >= 11 is 0. The lowest BCUT2D eigenvalue weighted by atomic mass is 9.69. The average molecular weight is 235 g/mol. The van der Waals surface area contributed by atoms with Gasteiger partial charge in [-0.3, -0.25) is 0 Å². The van der Waals surface area contributed by atoms with E-state index in [1.165, 1.54) is 22.5 Å². The lowest BCUT2D eigenvalue weighted by molar-refractivity contribution is 0.617. The third kappa shape index (κ3) is 1.34. The molecule has 3 rings (SSSR count). The third-order valence-corrected chi connectivity index (χ3v) is 3.99. The fourth-order valence-corrected chi connectivity index (χ4v) is 3.00. The standard InChI is InChI=1S/C17H17N/c1-3-17(4-2)13-9-5-7-11-15(13)18-16-12-8-6-10-14(16)17/h3,5-12,18H,1,4H2,2H3. The van der Waals surface area contributed by atoms with Gasteiger partial charge in [0.2, 0.25) is 0 Å². The second-order valence-corrected chi connectivity index (χ2v) is 4.75. The highest BCUT2D eigenvalue weighted by Gasteiger charge is 2.36. The van der Waals surface area contributed by atoms with Gasteiger partial charge in [0.1, 0.15) is 0 Å². The van der Waals surface area contributed by atoms with Crippen LogP contribution < -0.4 is 5.32 Å². The Morgan fingerprint density at radius 3 is 1.94 bits per heavy atom. The van der Waals surface area contributed by atoms with E-state index in [1.54, 1.807) is 0 Å². The first-order valence-electron chi connectivity index (χ1n) is 6.41. The van der Waals surface area contributed by atoms with E-state index in [-0.39, 0.29) is 5.41 Å². The van der Waals surface area contributed by atoms with Gasteiger partial charge in [-0.15, -0.1) is 6.58 Å². The molecule has 0 bridgehead atoms. The maximum atomic E-state index is 4.10. The minimum absolute atomic E-state index is 0.0710. The van der Waals surface area contributed by atoms with Crippen LogP contribution in [0.3, 0.4) is 0 Å². The highest BCUT2D eigenvalue weighted by Crippen LogP contribution is 2.47. The number of para-hydroxylation sites is 2. The summed E-state index contributed by atoms with van der Waals surface area (Å²) in [5.41, 5.74) is 4.96. The van der Waals surface area contributed by atoms with E-state index in [0.717, 1.165) is 6.42 Å². The Bertz CT molecular complexity index is 553. The maximum Gasteiger partial charge on any atom is 0.0429 e. The van der Waals surface area contributed by atoms with Crippen LogP contribution in [0.25, 0.3) is 0 Å². The molecule has 18 heavy (non-hydrogen) atoms. The lowest BCUT2D eigenvalue weighted by Gasteiger charge is -2.38. The van der Waals surface area contributed by atoms with Gasteiger partial charge in [-0.2, -0.15) is 0 Å². The highest BCUT2D eigenvalue weighted by molar-refractivity contribution is 5.77. The quantitative estimate of drug-likeness (QED) is 0.748. The Balaban J connectivity index is 2.34. The molecule has 0 radical (unpaired) electrons. The van der Waals surface area contributed by atoms with E-state index in [4.69, 9.17) is 0 Å². The van der Waals surface area contributed by atoms with Crippen LogP contribution in [0.1, 0.15) is 24.5 Å². The van der Waals surface area contributed by atoms with Gasteiger partial charge in [-0.05, 0) is 29.7 Å². The third-order valence-electron chi connectivity index (χ3n) is 3.99. The van der Waals surface area contributed by atoms with Crippen molar-refractivity contribution in [1.82, 2.24) is 0 Å². The number of allylic oxidation sites excluding steroid dienone is 1. The molecule has 0 spiro atoms. The Labute approximate surface area is 108 Å². The van der Waals surface area contributed by atoms with Gasteiger partial charge in [0, 0.05) is 16.8 Å². The van der Waals surface area contributed by atoms with Gasteiger partial charge >= 0.3 is 0 Å². The smallest absolute Gasteiger partial charge is 0.0429 e. The number of hydrogen-bond donors (Lipinski definition) is 1. The Morgan fingerprint density at radius 1 is 1.00 bits per heavy atom. The van der Waals surface area contributed by atoms with E-state index in [2.05, 4.69) is 73.4 Å². The van der Waals surface area contributed by atoms with Crippen molar-refractivity contribution in [3.8, 4) is 0 Å². The summed E-state index contributed by atoms with van der Waals surface area (Å²) in [4.78, 5) is 0. The molecule has 1 aliphatic heterocycles. The molecule has 0 atom stereocenters. The summed E-state index contributed by atoms with van der Waals surface area (Å²) < 4.78 is 0. The van der Waals surface area contributed by atoms with E-state index in [1.807, 2.05) is 0 Å². The molecule has 1 aliphatic rings. The van der Waals surface area contributed by atoms with Crippen LogP contribution in [0.5, 0.6) is 0 Å². The molecular weight excluding hydrogens is 218 g/mol. The number of fused-ring (bicyclic) bond motifs is 2. The van der Waals surface area contributed by atoms with Crippen LogP contribution in [0, 0.1) is 0 Å². The van der Waals surface area contributed by atoms with E-state index >= 15 is 0 Å². The van der Waals surface area contributed by atoms with Crippen LogP contribution in [0.15, 0.2) is 61.2 Å². The van der Waals surface area contributed by atoms with Crippen molar-refractivity contribution in [2.24, 2.45) is 0 Å². The summed E-state index contributed by atoms with van der Waals surface area (Å²) in [6.07, 6.45) is 3.11. The van der Waals surface area contributed by atoms with Crippen LogP contribution >= 0.6 is 0 Å². The average Bonchev–Trinajstić information content (AvgIpc) is 2.45. The van der Waals surface area contributed by atoms with Crippen molar-refractivity contribution in [3.05, 3.63) is 72.3 Å². The molecule has 1 nitrogen and oxygen atoms in total. The van der Waals surface area contributed by atoms with Crippen molar-refractivity contribution in [2.75, 3.05) is 5.32 Å². The Hall–Kier alpha value is -2.02. The van der Waals surface area contributed by atoms with Gasteiger partial charge < -0.3 is 5.32 Å². The predicted molar refractivity (Wildman–Crippen MR) is 77.4 cm³/mol. The molecule has 0 saturated heterocycles. The molecule has 0 aromatic heterocycles. The zero-order valence-electron chi connectivity index (χ0n) is 10.6. The van der Waals surface area contributed by atoms with Gasteiger partial charge in [0.25, 0.3) is 0 Å². The monoisotopic (exact) mass is 235 g/mol. The van der Waals surface area contributed by atoms with Gasteiger partial charge in [0.05, 0.1) is 0 Å². The van der Waals surface area contributed by atoms with Gasteiger partial charge in [0.15, 0.2) is 0 Å². The second kappa shape index (κ2) is 4.02. The molecule has 0 aliphatic carbocycles. The number of anilines is 2. The first kappa shape index (κ1) is 11.1. The lowest BCUT2D eigenvalue weighted by Crippen LogP contribution is -2.29. The minimum atomic E-state index is -0.0710. The molecule has 0 unspecified atom stereocenters. The molecule has 90 valence electrons. The summed E-state index contributed by atoms with van der Waals surface area (Å²) in [5.74, 6) is 0. The van der Waals surface area contributed by atoms with Crippen LogP contribution in [0.2, 0.25) is 0 Å². The molecule has 2 aromatic rings. The Kier molecular flexibility index (Phi) is 2.48. The molecule has 2 aromatic carbocycles. The first-order chi connectivity index (χ1) is 8.81. The van der Waals surface area contributed by atoms with Crippen LogP contribution in [-0.2, 0) is 5.41 Å². The minimum Gasteiger partial charge on any atom is -0.355 e. The normalized spacial score (nSPS) is 15.2. The van der Waals surface area contributed by atoms with Crippen molar-refractivity contribution in [2.45, 2.75) is 18.8 Å². The van der Waals surface area contributed by atoms with Crippen molar-refractivity contribution in [1.29, 1.82) is 0 Å². The molecule has 0 fully saturated rings. The van der Waals surface area contributed by atoms with Crippen LogP contribution in [-0.4, -0.2) is 0 Å². The van der Waals surface area contributed by atoms with E-state index < -0.39 is 0 Å². The number of rotatable bonds is 2. The Morgan fingerprint density at radius 2 is 1.50 bits per heavy atom. The van der Waals surface area contributed by atoms with Crippen molar-refractivity contribution < 1.29 is 0 Å². The zero-order chi connectivity index (χ0) is 12.6. The molecule has 0 saturated carbocycles. The van der Waals surface area contributed by atoms with Crippen molar-refractivity contribution >= 4 is 11.4 Å². The zero-order valence-corrected chi connectivity index (χ0v) is 10.6. The van der Waals surface area contributed by atoms with Gasteiger partial charge in [-0.25, -0.2) is 0 Å². The topological polar surface area (TPSA) is 12.0 Å². The van der Waals surface area contributed by atoms with E-state index in [9.17, 15) is 0 Å². The largest absolute Gasteiger partial charge is 0.355 e. The fourth-order valence-electron chi connectivity index (χ4n) is 3.00. The molecule has 0 amide bonds. The number of benzene rings is 2. The summed E-state index contributed by atoms with van der Waals surface area (Å²) in [6.45, 7) is 6.32. The summed E-state index contributed by atoms with van der Waals surface area (Å²) in [6, 6.07) is 17.0. The predicted octanol–water partition coefficient (Wildman–Crippen LogP) is 4.63. The second-order valence-electron chi connectivity index (χ2n) is 4.75. The highest BCUT2D eigenvalue weighted by atomic mass is 14.9. The summed E-state index contributed by atoms with van der Waals surface area (Å²) in [7, 11) is 0. The molecule has 1 heterocycles. The van der Waals surface area contributed by atoms with Crippen LogP contribution in [0.4, 0.5) is 11.4 Å². The van der Waals surface area contributed by atoms with E-state index in [0.29, 0.717) is 0 Å².